The predicted molar refractivity (Wildman–Crippen MR) is 71.2 cm³/mol. The first-order valence-electron chi connectivity index (χ1n) is 6.59. The summed E-state index contributed by atoms with van der Waals surface area (Å²) in [5.41, 5.74) is 0. The van der Waals surface area contributed by atoms with Crippen LogP contribution in [0.5, 0.6) is 0 Å². The second kappa shape index (κ2) is 5.84. The van der Waals surface area contributed by atoms with Crippen LogP contribution in [-0.4, -0.2) is 23.1 Å². The lowest BCUT2D eigenvalue weighted by Crippen LogP contribution is -2.14. The van der Waals surface area contributed by atoms with Crippen LogP contribution < -0.4 is 10.6 Å². The van der Waals surface area contributed by atoms with E-state index in [-0.39, 0.29) is 0 Å². The van der Waals surface area contributed by atoms with E-state index in [1.807, 2.05) is 6.07 Å². The van der Waals surface area contributed by atoms with Crippen molar-refractivity contribution in [3.05, 3.63) is 12.4 Å². The van der Waals surface area contributed by atoms with Gasteiger partial charge in [-0.05, 0) is 31.1 Å². The molecule has 94 valence electrons. The predicted octanol–water partition coefficient (Wildman–Crippen LogP) is 2.76. The molecule has 1 aliphatic rings. The number of anilines is 2. The summed E-state index contributed by atoms with van der Waals surface area (Å²) in [6, 6.07) is 1.98. The molecule has 0 spiro atoms. The third-order valence-corrected chi connectivity index (χ3v) is 3.26. The van der Waals surface area contributed by atoms with Crippen LogP contribution in [0.2, 0.25) is 0 Å². The molecule has 4 nitrogen and oxygen atoms in total. The molecule has 0 amide bonds. The Hall–Kier alpha value is -1.32. The average Bonchev–Trinajstić information content (AvgIpc) is 3.18. The molecule has 4 heteroatoms. The highest BCUT2D eigenvalue weighted by Gasteiger charge is 2.27. The summed E-state index contributed by atoms with van der Waals surface area (Å²) in [6.07, 6.45) is 5.51. The van der Waals surface area contributed by atoms with Crippen LogP contribution in [0.25, 0.3) is 0 Å². The van der Waals surface area contributed by atoms with Gasteiger partial charge in [0.1, 0.15) is 18.0 Å². The van der Waals surface area contributed by atoms with Crippen LogP contribution in [0, 0.1) is 11.8 Å². The molecule has 1 aromatic rings. The van der Waals surface area contributed by atoms with Gasteiger partial charge in [0.15, 0.2) is 0 Å². The lowest BCUT2D eigenvalue weighted by Gasteiger charge is -2.12. The monoisotopic (exact) mass is 234 g/mol. The molecule has 1 heterocycles. The Bertz CT molecular complexity index is 349. The molecule has 0 bridgehead atoms. The summed E-state index contributed by atoms with van der Waals surface area (Å²) >= 11 is 0. The molecule has 1 unspecified atom stereocenters. The molecule has 0 saturated heterocycles. The molecule has 1 aromatic heterocycles. The van der Waals surface area contributed by atoms with Gasteiger partial charge in [-0.1, -0.05) is 13.8 Å². The number of hydrogen-bond acceptors (Lipinski definition) is 4. The standard InChI is InChI=1S/C13H22N4/c1-3-6-14-12-7-13(17-9-16-12)15-8-10(2)11-4-5-11/h7,9-11H,3-6,8H2,1-2H3,(H2,14,15,16,17). The largest absolute Gasteiger partial charge is 0.370 e. The summed E-state index contributed by atoms with van der Waals surface area (Å²) < 4.78 is 0. The van der Waals surface area contributed by atoms with Crippen molar-refractivity contribution in [1.82, 2.24) is 9.97 Å². The number of nitrogens with zero attached hydrogens (tertiary/aromatic N) is 2. The molecule has 1 fully saturated rings. The Balaban J connectivity index is 1.82. The highest BCUT2D eigenvalue weighted by Crippen LogP contribution is 2.36. The minimum absolute atomic E-state index is 0.747. The van der Waals surface area contributed by atoms with Crippen LogP contribution in [0.3, 0.4) is 0 Å². The molecule has 0 aliphatic heterocycles. The fourth-order valence-corrected chi connectivity index (χ4v) is 1.90. The Morgan fingerprint density at radius 1 is 1.29 bits per heavy atom. The van der Waals surface area contributed by atoms with E-state index in [9.17, 15) is 0 Å². The molecule has 1 atom stereocenters. The van der Waals surface area contributed by atoms with E-state index in [1.165, 1.54) is 12.8 Å². The van der Waals surface area contributed by atoms with Crippen molar-refractivity contribution in [1.29, 1.82) is 0 Å². The summed E-state index contributed by atoms with van der Waals surface area (Å²) in [6.45, 7) is 6.41. The van der Waals surface area contributed by atoms with Gasteiger partial charge in [0, 0.05) is 19.2 Å². The molecule has 2 rings (SSSR count). The number of nitrogens with one attached hydrogen (secondary N) is 2. The van der Waals surface area contributed by atoms with E-state index in [1.54, 1.807) is 6.33 Å². The van der Waals surface area contributed by atoms with Gasteiger partial charge in [0.2, 0.25) is 0 Å². The lowest BCUT2D eigenvalue weighted by atomic mass is 10.1. The number of rotatable bonds is 7. The molecular formula is C13H22N4. The maximum atomic E-state index is 4.24. The zero-order valence-corrected chi connectivity index (χ0v) is 10.7. The second-order valence-electron chi connectivity index (χ2n) is 4.91. The molecule has 1 aliphatic carbocycles. The maximum Gasteiger partial charge on any atom is 0.131 e. The van der Waals surface area contributed by atoms with Crippen LogP contribution in [0.15, 0.2) is 12.4 Å². The van der Waals surface area contributed by atoms with Crippen molar-refractivity contribution in [3.63, 3.8) is 0 Å². The third kappa shape index (κ3) is 3.88. The number of aromatic nitrogens is 2. The molecule has 17 heavy (non-hydrogen) atoms. The summed E-state index contributed by atoms with van der Waals surface area (Å²) in [4.78, 5) is 8.43. The maximum absolute atomic E-state index is 4.24. The van der Waals surface area contributed by atoms with Gasteiger partial charge in [0.05, 0.1) is 0 Å². The molecule has 0 aromatic carbocycles. The summed E-state index contributed by atoms with van der Waals surface area (Å²) in [7, 11) is 0. The second-order valence-corrected chi connectivity index (χ2v) is 4.91. The Labute approximate surface area is 103 Å². The van der Waals surface area contributed by atoms with Gasteiger partial charge in [-0.2, -0.15) is 0 Å². The van der Waals surface area contributed by atoms with Crippen molar-refractivity contribution in [2.75, 3.05) is 23.7 Å². The first kappa shape index (κ1) is 12.1. The van der Waals surface area contributed by atoms with Crippen molar-refractivity contribution >= 4 is 11.6 Å². The summed E-state index contributed by atoms with van der Waals surface area (Å²) in [5.74, 6) is 3.51. The van der Waals surface area contributed by atoms with Crippen molar-refractivity contribution in [2.45, 2.75) is 33.1 Å². The first-order chi connectivity index (χ1) is 8.29. The van der Waals surface area contributed by atoms with E-state index in [2.05, 4.69) is 34.4 Å². The van der Waals surface area contributed by atoms with Gasteiger partial charge in [-0.25, -0.2) is 9.97 Å². The van der Waals surface area contributed by atoms with Crippen LogP contribution in [-0.2, 0) is 0 Å². The van der Waals surface area contributed by atoms with Gasteiger partial charge in [-0.3, -0.25) is 0 Å². The Kier molecular flexibility index (Phi) is 4.18. The average molecular weight is 234 g/mol. The SMILES string of the molecule is CCCNc1cc(NCC(C)C2CC2)ncn1. The van der Waals surface area contributed by atoms with Crippen LogP contribution >= 0.6 is 0 Å². The van der Waals surface area contributed by atoms with E-state index in [0.29, 0.717) is 0 Å². The van der Waals surface area contributed by atoms with Crippen molar-refractivity contribution < 1.29 is 0 Å². The van der Waals surface area contributed by atoms with E-state index in [4.69, 9.17) is 0 Å². The first-order valence-corrected chi connectivity index (χ1v) is 6.59. The molecule has 2 N–H and O–H groups in total. The normalized spacial score (nSPS) is 16.6. The van der Waals surface area contributed by atoms with Crippen molar-refractivity contribution in [3.8, 4) is 0 Å². The Morgan fingerprint density at radius 2 is 2.00 bits per heavy atom. The van der Waals surface area contributed by atoms with Gasteiger partial charge in [0.25, 0.3) is 0 Å². The minimum Gasteiger partial charge on any atom is -0.370 e. The van der Waals surface area contributed by atoms with Gasteiger partial charge in [-0.15, -0.1) is 0 Å². The number of hydrogen-bond donors (Lipinski definition) is 2. The van der Waals surface area contributed by atoms with Crippen LogP contribution in [0.4, 0.5) is 11.6 Å². The van der Waals surface area contributed by atoms with Gasteiger partial charge < -0.3 is 10.6 Å². The quantitative estimate of drug-likeness (QED) is 0.761. The topological polar surface area (TPSA) is 49.8 Å². The summed E-state index contributed by atoms with van der Waals surface area (Å²) in [5, 5.41) is 6.66. The molecule has 0 radical (unpaired) electrons. The highest BCUT2D eigenvalue weighted by atomic mass is 15.1. The van der Waals surface area contributed by atoms with Crippen molar-refractivity contribution in [2.24, 2.45) is 11.8 Å². The smallest absolute Gasteiger partial charge is 0.131 e. The fraction of sp³-hybridized carbons (Fsp3) is 0.692. The third-order valence-electron chi connectivity index (χ3n) is 3.26. The van der Waals surface area contributed by atoms with E-state index >= 15 is 0 Å². The van der Waals surface area contributed by atoms with E-state index < -0.39 is 0 Å². The fourth-order valence-electron chi connectivity index (χ4n) is 1.90. The zero-order valence-electron chi connectivity index (χ0n) is 10.7. The lowest BCUT2D eigenvalue weighted by molar-refractivity contribution is 0.536. The highest BCUT2D eigenvalue weighted by molar-refractivity contribution is 5.46. The Morgan fingerprint density at radius 3 is 2.65 bits per heavy atom. The minimum atomic E-state index is 0.747. The molecule has 1 saturated carbocycles. The van der Waals surface area contributed by atoms with Gasteiger partial charge >= 0.3 is 0 Å². The molecular weight excluding hydrogens is 212 g/mol. The zero-order chi connectivity index (χ0) is 12.1. The van der Waals surface area contributed by atoms with Crippen LogP contribution in [0.1, 0.15) is 33.1 Å². The van der Waals surface area contributed by atoms with E-state index in [0.717, 1.165) is 43.0 Å².